The van der Waals surface area contributed by atoms with E-state index in [1.807, 2.05) is 20.8 Å². The second-order valence-electron chi connectivity index (χ2n) is 5.96. The van der Waals surface area contributed by atoms with Gasteiger partial charge in [0.1, 0.15) is 6.61 Å². The maximum Gasteiger partial charge on any atom is 0.307 e. The SMILES string of the molecule is CC(CC1[C@@H](C(=O)O)C1(C)C)=NOCC(C)C. The van der Waals surface area contributed by atoms with Gasteiger partial charge in [-0.05, 0) is 30.6 Å². The fraction of sp³-hybridized carbons (Fsp3) is 0.846. The smallest absolute Gasteiger partial charge is 0.307 e. The molecule has 0 radical (unpaired) electrons. The zero-order valence-electron chi connectivity index (χ0n) is 11.4. The van der Waals surface area contributed by atoms with Crippen LogP contribution in [-0.2, 0) is 9.63 Å². The predicted octanol–water partition coefficient (Wildman–Crippen LogP) is 2.78. The van der Waals surface area contributed by atoms with Crippen molar-refractivity contribution in [3.8, 4) is 0 Å². The maximum atomic E-state index is 11.0. The Kier molecular flexibility index (Phi) is 4.17. The molecular weight excluding hydrogens is 218 g/mol. The third kappa shape index (κ3) is 3.45. The van der Waals surface area contributed by atoms with Gasteiger partial charge in [-0.15, -0.1) is 0 Å². The normalized spacial score (nSPS) is 27.1. The Morgan fingerprint density at radius 2 is 2.06 bits per heavy atom. The van der Waals surface area contributed by atoms with Gasteiger partial charge in [0.15, 0.2) is 0 Å². The summed E-state index contributed by atoms with van der Waals surface area (Å²) in [6.07, 6.45) is 0.710. The molecule has 0 spiro atoms. The standard InChI is InChI=1S/C13H23NO3/c1-8(2)7-17-14-9(3)6-10-11(12(15)16)13(10,4)5/h8,10-11H,6-7H2,1-5H3,(H,15,16)/t10?,11-/m0/s1. The predicted molar refractivity (Wildman–Crippen MR) is 66.9 cm³/mol. The van der Waals surface area contributed by atoms with Crippen molar-refractivity contribution in [1.29, 1.82) is 0 Å². The summed E-state index contributed by atoms with van der Waals surface area (Å²) in [6, 6.07) is 0. The minimum Gasteiger partial charge on any atom is -0.481 e. The Balaban J connectivity index is 2.43. The van der Waals surface area contributed by atoms with Crippen LogP contribution < -0.4 is 0 Å². The van der Waals surface area contributed by atoms with Gasteiger partial charge in [0.2, 0.25) is 0 Å². The van der Waals surface area contributed by atoms with E-state index in [9.17, 15) is 4.79 Å². The van der Waals surface area contributed by atoms with Crippen molar-refractivity contribution < 1.29 is 14.7 Å². The van der Waals surface area contributed by atoms with Gasteiger partial charge in [0.05, 0.1) is 11.6 Å². The van der Waals surface area contributed by atoms with Crippen molar-refractivity contribution in [2.75, 3.05) is 6.61 Å². The van der Waals surface area contributed by atoms with E-state index in [0.717, 1.165) is 5.71 Å². The highest BCUT2D eigenvalue weighted by molar-refractivity contribution is 5.84. The first-order valence-electron chi connectivity index (χ1n) is 6.15. The average Bonchev–Trinajstić information content (AvgIpc) is 2.67. The third-order valence-corrected chi connectivity index (χ3v) is 3.46. The Morgan fingerprint density at radius 3 is 2.47 bits per heavy atom. The Bertz CT molecular complexity index is 321. The molecule has 1 unspecified atom stereocenters. The molecule has 1 N–H and O–H groups in total. The van der Waals surface area contributed by atoms with Crippen LogP contribution in [0.3, 0.4) is 0 Å². The Labute approximate surface area is 103 Å². The molecule has 0 heterocycles. The number of hydrogen-bond acceptors (Lipinski definition) is 3. The summed E-state index contributed by atoms with van der Waals surface area (Å²) >= 11 is 0. The molecule has 4 nitrogen and oxygen atoms in total. The van der Waals surface area contributed by atoms with Crippen molar-refractivity contribution >= 4 is 11.7 Å². The molecule has 0 aromatic rings. The number of carboxylic acids is 1. The minimum absolute atomic E-state index is 0.110. The van der Waals surface area contributed by atoms with Gasteiger partial charge in [-0.2, -0.15) is 0 Å². The molecule has 0 amide bonds. The summed E-state index contributed by atoms with van der Waals surface area (Å²) in [4.78, 5) is 16.2. The minimum atomic E-state index is -0.698. The lowest BCUT2D eigenvalue weighted by Gasteiger charge is -2.05. The van der Waals surface area contributed by atoms with Gasteiger partial charge >= 0.3 is 5.97 Å². The molecule has 4 heteroatoms. The lowest BCUT2D eigenvalue weighted by atomic mass is 10.1. The van der Waals surface area contributed by atoms with Crippen LogP contribution in [0.25, 0.3) is 0 Å². The number of carbonyl (C=O) groups is 1. The van der Waals surface area contributed by atoms with Gasteiger partial charge in [-0.3, -0.25) is 4.79 Å². The van der Waals surface area contributed by atoms with Crippen LogP contribution in [0.5, 0.6) is 0 Å². The molecular formula is C13H23NO3. The molecule has 98 valence electrons. The van der Waals surface area contributed by atoms with Crippen LogP contribution in [0.2, 0.25) is 0 Å². The second kappa shape index (κ2) is 5.07. The van der Waals surface area contributed by atoms with Gasteiger partial charge in [-0.1, -0.05) is 32.9 Å². The van der Waals surface area contributed by atoms with E-state index in [4.69, 9.17) is 9.94 Å². The van der Waals surface area contributed by atoms with Crippen LogP contribution in [0.1, 0.15) is 41.0 Å². The van der Waals surface area contributed by atoms with Crippen LogP contribution in [0.4, 0.5) is 0 Å². The number of nitrogens with zero attached hydrogens (tertiary/aromatic N) is 1. The van der Waals surface area contributed by atoms with Gasteiger partial charge in [0, 0.05) is 0 Å². The third-order valence-electron chi connectivity index (χ3n) is 3.46. The molecule has 0 aromatic heterocycles. The molecule has 1 saturated carbocycles. The quantitative estimate of drug-likeness (QED) is 0.574. The van der Waals surface area contributed by atoms with E-state index in [2.05, 4.69) is 19.0 Å². The summed E-state index contributed by atoms with van der Waals surface area (Å²) in [7, 11) is 0. The Hall–Kier alpha value is -1.06. The highest BCUT2D eigenvalue weighted by Gasteiger charge is 2.61. The van der Waals surface area contributed by atoms with Crippen LogP contribution in [0, 0.1) is 23.2 Å². The van der Waals surface area contributed by atoms with E-state index in [-0.39, 0.29) is 17.3 Å². The highest BCUT2D eigenvalue weighted by Crippen LogP contribution is 2.60. The summed E-state index contributed by atoms with van der Waals surface area (Å²) < 4.78 is 0. The summed E-state index contributed by atoms with van der Waals surface area (Å²) in [5.74, 6) is -0.296. The van der Waals surface area contributed by atoms with Crippen LogP contribution in [0.15, 0.2) is 5.16 Å². The molecule has 0 saturated heterocycles. The van der Waals surface area contributed by atoms with Crippen molar-refractivity contribution in [3.05, 3.63) is 0 Å². The van der Waals surface area contributed by atoms with Crippen LogP contribution in [-0.4, -0.2) is 23.4 Å². The molecule has 1 rings (SSSR count). The second-order valence-corrected chi connectivity index (χ2v) is 5.96. The first-order chi connectivity index (χ1) is 7.76. The number of carboxylic acid groups (broad SMARTS) is 1. The van der Waals surface area contributed by atoms with Crippen molar-refractivity contribution in [1.82, 2.24) is 0 Å². The number of oxime groups is 1. The first-order valence-corrected chi connectivity index (χ1v) is 6.15. The lowest BCUT2D eigenvalue weighted by Crippen LogP contribution is -2.04. The van der Waals surface area contributed by atoms with E-state index in [1.54, 1.807) is 0 Å². The zero-order valence-corrected chi connectivity index (χ0v) is 11.4. The number of hydrogen-bond donors (Lipinski definition) is 1. The summed E-state index contributed by atoms with van der Waals surface area (Å²) in [5.41, 5.74) is 0.771. The van der Waals surface area contributed by atoms with Crippen LogP contribution >= 0.6 is 0 Å². The Morgan fingerprint density at radius 1 is 1.47 bits per heavy atom. The highest BCUT2D eigenvalue weighted by atomic mass is 16.6. The summed E-state index contributed by atoms with van der Waals surface area (Å²) in [5, 5.41) is 13.1. The topological polar surface area (TPSA) is 58.9 Å². The first kappa shape index (κ1) is 14.0. The monoisotopic (exact) mass is 241 g/mol. The number of rotatable bonds is 6. The van der Waals surface area contributed by atoms with E-state index >= 15 is 0 Å². The largest absolute Gasteiger partial charge is 0.481 e. The van der Waals surface area contributed by atoms with Crippen molar-refractivity contribution in [2.45, 2.75) is 41.0 Å². The molecule has 0 aromatic carbocycles. The zero-order chi connectivity index (χ0) is 13.2. The maximum absolute atomic E-state index is 11.0. The lowest BCUT2D eigenvalue weighted by molar-refractivity contribution is -0.139. The van der Waals surface area contributed by atoms with E-state index < -0.39 is 5.97 Å². The van der Waals surface area contributed by atoms with Crippen molar-refractivity contribution in [2.24, 2.45) is 28.3 Å². The fourth-order valence-electron chi connectivity index (χ4n) is 2.27. The molecule has 0 aliphatic heterocycles. The molecule has 1 fully saturated rings. The average molecular weight is 241 g/mol. The molecule has 1 aliphatic carbocycles. The molecule has 1 aliphatic rings. The van der Waals surface area contributed by atoms with E-state index in [0.29, 0.717) is 18.9 Å². The van der Waals surface area contributed by atoms with Gasteiger partial charge in [-0.25, -0.2) is 0 Å². The molecule has 0 bridgehead atoms. The van der Waals surface area contributed by atoms with Gasteiger partial charge in [0.25, 0.3) is 0 Å². The van der Waals surface area contributed by atoms with Gasteiger partial charge < -0.3 is 9.94 Å². The fourth-order valence-corrected chi connectivity index (χ4v) is 2.27. The number of aliphatic carboxylic acids is 1. The molecule has 17 heavy (non-hydrogen) atoms. The van der Waals surface area contributed by atoms with Crippen molar-refractivity contribution in [3.63, 3.8) is 0 Å². The summed E-state index contributed by atoms with van der Waals surface area (Å²) in [6.45, 7) is 10.6. The van der Waals surface area contributed by atoms with E-state index in [1.165, 1.54) is 0 Å². The molecule has 2 atom stereocenters.